The van der Waals surface area contributed by atoms with E-state index in [-0.39, 0.29) is 10.9 Å². The molecule has 1 rings (SSSR count). The monoisotopic (exact) mass is 307 g/mol. The number of nitrogens with two attached hydrogens (primary N) is 1. The molecule has 0 saturated heterocycles. The van der Waals surface area contributed by atoms with Crippen LogP contribution in [0.4, 0.5) is 5.82 Å². The molecule has 0 aliphatic carbocycles. The van der Waals surface area contributed by atoms with Crippen LogP contribution in [0.3, 0.4) is 0 Å². The number of thiocarbonyl (C=S) groups is 1. The van der Waals surface area contributed by atoms with E-state index in [4.69, 9.17) is 18.0 Å². The number of hydrogen-bond acceptors (Lipinski definition) is 3. The Hall–Kier alpha value is -1.49. The molecule has 3 N–H and O–H groups in total. The highest BCUT2D eigenvalue weighted by Crippen LogP contribution is 2.32. The Morgan fingerprint density at radius 2 is 1.86 bits per heavy atom. The lowest BCUT2D eigenvalue weighted by molar-refractivity contribution is -0.122. The molecule has 0 radical (unpaired) electrons. The molecule has 0 aliphatic heterocycles. The standard InChI is InChI=1S/C16H25N3OS/c1-5-7-16(8-6-2,14(17)21)15(20)19-13-10-11(3)9-12(4)18-13/h9-10H,5-8H2,1-4H3,(H2,17,21)(H,18,19,20). The summed E-state index contributed by atoms with van der Waals surface area (Å²) < 4.78 is 0. The van der Waals surface area contributed by atoms with Gasteiger partial charge in [-0.2, -0.15) is 0 Å². The second kappa shape index (κ2) is 7.50. The van der Waals surface area contributed by atoms with Gasteiger partial charge in [-0.3, -0.25) is 4.79 Å². The molecule has 4 nitrogen and oxygen atoms in total. The van der Waals surface area contributed by atoms with E-state index in [1.165, 1.54) is 0 Å². The summed E-state index contributed by atoms with van der Waals surface area (Å²) in [7, 11) is 0. The number of nitrogens with zero attached hydrogens (tertiary/aromatic N) is 1. The van der Waals surface area contributed by atoms with Crippen LogP contribution in [-0.2, 0) is 4.79 Å². The lowest BCUT2D eigenvalue weighted by Crippen LogP contribution is -2.46. The number of anilines is 1. The molecule has 0 saturated carbocycles. The first-order valence-corrected chi connectivity index (χ1v) is 7.83. The Bertz CT molecular complexity index is 502. The number of hydrogen-bond donors (Lipinski definition) is 2. The number of aromatic nitrogens is 1. The molecule has 1 aromatic rings. The van der Waals surface area contributed by atoms with Gasteiger partial charge in [-0.25, -0.2) is 4.98 Å². The van der Waals surface area contributed by atoms with Gasteiger partial charge in [0.15, 0.2) is 0 Å². The number of nitrogens with one attached hydrogen (secondary N) is 1. The second-order valence-electron chi connectivity index (χ2n) is 5.57. The Kier molecular flexibility index (Phi) is 6.27. The summed E-state index contributed by atoms with van der Waals surface area (Å²) in [5.41, 5.74) is 7.06. The van der Waals surface area contributed by atoms with Crippen LogP contribution in [0.2, 0.25) is 0 Å². The maximum atomic E-state index is 12.8. The van der Waals surface area contributed by atoms with E-state index in [1.54, 1.807) is 0 Å². The van der Waals surface area contributed by atoms with Gasteiger partial charge in [0.1, 0.15) is 5.82 Å². The van der Waals surface area contributed by atoms with Crippen LogP contribution < -0.4 is 11.1 Å². The highest BCUT2D eigenvalue weighted by atomic mass is 32.1. The summed E-state index contributed by atoms with van der Waals surface area (Å²) in [6, 6.07) is 3.82. The zero-order chi connectivity index (χ0) is 16.0. The Balaban J connectivity index is 3.07. The molecular weight excluding hydrogens is 282 g/mol. The van der Waals surface area contributed by atoms with Gasteiger partial charge >= 0.3 is 0 Å². The van der Waals surface area contributed by atoms with Gasteiger partial charge in [-0.1, -0.05) is 38.9 Å². The molecule has 0 aromatic carbocycles. The molecule has 0 atom stereocenters. The third kappa shape index (κ3) is 4.24. The molecule has 0 bridgehead atoms. The van der Waals surface area contributed by atoms with E-state index in [0.717, 1.165) is 24.1 Å². The van der Waals surface area contributed by atoms with Crippen molar-refractivity contribution >= 4 is 28.9 Å². The number of pyridine rings is 1. The molecule has 0 unspecified atom stereocenters. The SMILES string of the molecule is CCCC(CCC)(C(=O)Nc1cc(C)cc(C)n1)C(N)=S. The molecule has 0 aliphatic rings. The minimum atomic E-state index is -0.780. The second-order valence-corrected chi connectivity index (χ2v) is 6.01. The van der Waals surface area contributed by atoms with E-state index in [2.05, 4.69) is 10.3 Å². The maximum absolute atomic E-state index is 12.8. The van der Waals surface area contributed by atoms with E-state index in [0.29, 0.717) is 18.7 Å². The van der Waals surface area contributed by atoms with Gasteiger partial charge in [0, 0.05) is 5.69 Å². The van der Waals surface area contributed by atoms with Crippen molar-refractivity contribution in [1.29, 1.82) is 0 Å². The summed E-state index contributed by atoms with van der Waals surface area (Å²) in [6.07, 6.45) is 3.02. The van der Waals surface area contributed by atoms with E-state index < -0.39 is 5.41 Å². The zero-order valence-electron chi connectivity index (χ0n) is 13.3. The third-order valence-electron chi connectivity index (χ3n) is 3.60. The van der Waals surface area contributed by atoms with Crippen molar-refractivity contribution in [3.05, 3.63) is 23.4 Å². The Morgan fingerprint density at radius 1 is 1.29 bits per heavy atom. The van der Waals surface area contributed by atoms with Crippen molar-refractivity contribution in [3.8, 4) is 0 Å². The molecule has 5 heteroatoms. The molecule has 1 heterocycles. The molecule has 21 heavy (non-hydrogen) atoms. The van der Waals surface area contributed by atoms with Crippen LogP contribution in [0.1, 0.15) is 50.8 Å². The molecule has 1 amide bonds. The predicted molar refractivity (Wildman–Crippen MR) is 91.4 cm³/mol. The predicted octanol–water partition coefficient (Wildman–Crippen LogP) is 3.51. The van der Waals surface area contributed by atoms with Crippen LogP contribution >= 0.6 is 12.2 Å². The van der Waals surface area contributed by atoms with Crippen LogP contribution in [0.25, 0.3) is 0 Å². The number of carbonyl (C=O) groups is 1. The van der Waals surface area contributed by atoms with Crippen molar-refractivity contribution < 1.29 is 4.79 Å². The van der Waals surface area contributed by atoms with Crippen LogP contribution in [0, 0.1) is 19.3 Å². The van der Waals surface area contributed by atoms with Crippen LogP contribution in [0.15, 0.2) is 12.1 Å². The van der Waals surface area contributed by atoms with Gasteiger partial charge in [0.05, 0.1) is 10.4 Å². The fourth-order valence-corrected chi connectivity index (χ4v) is 3.00. The largest absolute Gasteiger partial charge is 0.392 e. The quantitative estimate of drug-likeness (QED) is 0.756. The maximum Gasteiger partial charge on any atom is 0.238 e. The molecule has 0 fully saturated rings. The lowest BCUT2D eigenvalue weighted by Gasteiger charge is -2.30. The molecule has 1 aromatic heterocycles. The number of carbonyl (C=O) groups excluding carboxylic acids is 1. The van der Waals surface area contributed by atoms with Crippen molar-refractivity contribution in [3.63, 3.8) is 0 Å². The van der Waals surface area contributed by atoms with Gasteiger partial charge < -0.3 is 11.1 Å². The van der Waals surface area contributed by atoms with Crippen molar-refractivity contribution in [1.82, 2.24) is 4.98 Å². The third-order valence-corrected chi connectivity index (χ3v) is 3.99. The average molecular weight is 307 g/mol. The first-order chi connectivity index (χ1) is 9.85. The fraction of sp³-hybridized carbons (Fsp3) is 0.562. The summed E-state index contributed by atoms with van der Waals surface area (Å²) in [6.45, 7) is 7.95. The summed E-state index contributed by atoms with van der Waals surface area (Å²) in [4.78, 5) is 17.4. The number of rotatable bonds is 7. The average Bonchev–Trinajstić information content (AvgIpc) is 2.36. The van der Waals surface area contributed by atoms with Crippen molar-refractivity contribution in [2.75, 3.05) is 5.32 Å². The number of amides is 1. The van der Waals surface area contributed by atoms with Crippen molar-refractivity contribution in [2.24, 2.45) is 11.1 Å². The minimum Gasteiger partial charge on any atom is -0.392 e. The highest BCUT2D eigenvalue weighted by molar-refractivity contribution is 7.80. The van der Waals surface area contributed by atoms with Crippen molar-refractivity contribution in [2.45, 2.75) is 53.4 Å². The van der Waals surface area contributed by atoms with E-state index in [1.807, 2.05) is 39.8 Å². The lowest BCUT2D eigenvalue weighted by atomic mass is 9.78. The fourth-order valence-electron chi connectivity index (χ4n) is 2.71. The Labute approximate surface area is 132 Å². The highest BCUT2D eigenvalue weighted by Gasteiger charge is 2.40. The minimum absolute atomic E-state index is 0.142. The first kappa shape index (κ1) is 17.6. The van der Waals surface area contributed by atoms with E-state index in [9.17, 15) is 4.79 Å². The summed E-state index contributed by atoms with van der Waals surface area (Å²) in [5, 5.41) is 2.90. The molecule has 0 spiro atoms. The number of aryl methyl sites for hydroxylation is 2. The van der Waals surface area contributed by atoms with Gasteiger partial charge in [-0.05, 0) is 44.4 Å². The smallest absolute Gasteiger partial charge is 0.238 e. The Morgan fingerprint density at radius 3 is 2.29 bits per heavy atom. The van der Waals surface area contributed by atoms with Crippen LogP contribution in [-0.4, -0.2) is 15.9 Å². The molecular formula is C16H25N3OS. The first-order valence-electron chi connectivity index (χ1n) is 7.42. The zero-order valence-corrected chi connectivity index (χ0v) is 14.1. The van der Waals surface area contributed by atoms with E-state index >= 15 is 0 Å². The van der Waals surface area contributed by atoms with Gasteiger partial charge in [0.2, 0.25) is 5.91 Å². The summed E-state index contributed by atoms with van der Waals surface area (Å²) in [5.74, 6) is 0.418. The van der Waals surface area contributed by atoms with Crippen LogP contribution in [0.5, 0.6) is 0 Å². The molecule has 116 valence electrons. The summed E-state index contributed by atoms with van der Waals surface area (Å²) >= 11 is 5.20. The van der Waals surface area contributed by atoms with Gasteiger partial charge in [0.25, 0.3) is 0 Å². The van der Waals surface area contributed by atoms with Gasteiger partial charge in [-0.15, -0.1) is 0 Å². The topological polar surface area (TPSA) is 68.0 Å². The normalized spacial score (nSPS) is 11.2.